The van der Waals surface area contributed by atoms with Gasteiger partial charge in [-0.2, -0.15) is 0 Å². The maximum Gasteiger partial charge on any atom is 0.238 e. The van der Waals surface area contributed by atoms with Crippen LogP contribution < -0.4 is 15.5 Å². The molecule has 8 heteroatoms. The molecule has 2 N–H and O–H groups in total. The summed E-state index contributed by atoms with van der Waals surface area (Å²) in [5.41, 5.74) is 2.34. The van der Waals surface area contributed by atoms with Gasteiger partial charge in [0.2, 0.25) is 11.8 Å². The Kier molecular flexibility index (Phi) is 7.42. The van der Waals surface area contributed by atoms with Gasteiger partial charge >= 0.3 is 0 Å². The second-order valence-corrected chi connectivity index (χ2v) is 7.49. The van der Waals surface area contributed by atoms with Gasteiger partial charge in [0.25, 0.3) is 0 Å². The average Bonchev–Trinajstić information content (AvgIpc) is 3.14. The number of hydrogen-bond donors (Lipinski definition) is 2. The topological polar surface area (TPSA) is 64.7 Å². The molecule has 30 heavy (non-hydrogen) atoms. The van der Waals surface area contributed by atoms with E-state index in [2.05, 4.69) is 15.5 Å². The molecular formula is C22H26ClFN4O2. The van der Waals surface area contributed by atoms with E-state index in [1.165, 1.54) is 12.1 Å². The van der Waals surface area contributed by atoms with Crippen LogP contribution >= 0.6 is 12.4 Å². The Balaban J connectivity index is 0.00000256. The third-order valence-corrected chi connectivity index (χ3v) is 5.45. The highest BCUT2D eigenvalue weighted by molar-refractivity contribution is 5.97. The summed E-state index contributed by atoms with van der Waals surface area (Å²) in [4.78, 5) is 28.5. The molecule has 2 aromatic carbocycles. The smallest absolute Gasteiger partial charge is 0.238 e. The molecule has 2 aliphatic rings. The maximum atomic E-state index is 13.6. The summed E-state index contributed by atoms with van der Waals surface area (Å²) in [5, 5.41) is 6.25. The molecule has 0 spiro atoms. The average molecular weight is 433 g/mol. The van der Waals surface area contributed by atoms with E-state index < -0.39 is 0 Å². The van der Waals surface area contributed by atoms with Crippen molar-refractivity contribution in [2.75, 3.05) is 42.9 Å². The number of piperazine rings is 1. The molecule has 4 rings (SSSR count). The molecule has 6 nitrogen and oxygen atoms in total. The summed E-state index contributed by atoms with van der Waals surface area (Å²) in [7, 11) is 0. The molecule has 0 aromatic heterocycles. The Labute approximate surface area is 181 Å². The van der Waals surface area contributed by atoms with E-state index in [1.54, 1.807) is 11.0 Å². The van der Waals surface area contributed by atoms with Crippen molar-refractivity contribution in [3.63, 3.8) is 0 Å². The van der Waals surface area contributed by atoms with E-state index >= 15 is 0 Å². The minimum absolute atomic E-state index is 0. The lowest BCUT2D eigenvalue weighted by Crippen LogP contribution is -2.48. The quantitative estimate of drug-likeness (QED) is 0.762. The van der Waals surface area contributed by atoms with Crippen LogP contribution in [0.3, 0.4) is 0 Å². The Morgan fingerprint density at radius 1 is 1.17 bits per heavy atom. The van der Waals surface area contributed by atoms with Crippen molar-refractivity contribution in [3.8, 4) is 0 Å². The minimum atomic E-state index is -0.272. The Hall–Kier alpha value is -2.48. The SMILES string of the molecule is Cl.O=C(CN1CCNCC1c1cccc(F)c1)Nc1cccc(N2CCCC2=O)c1. The molecule has 160 valence electrons. The van der Waals surface area contributed by atoms with Crippen molar-refractivity contribution in [1.82, 2.24) is 10.2 Å². The standard InChI is InChI=1S/C22H25FN4O2.ClH/c23-17-5-1-4-16(12-17)20-14-24-9-11-26(20)15-21(28)25-18-6-2-7-19(13-18)27-10-3-8-22(27)29;/h1-2,4-7,12-13,20,24H,3,8-11,14-15H2,(H,25,28);1H. The van der Waals surface area contributed by atoms with Gasteiger partial charge in [-0.25, -0.2) is 4.39 Å². The van der Waals surface area contributed by atoms with E-state index in [9.17, 15) is 14.0 Å². The highest BCUT2D eigenvalue weighted by Crippen LogP contribution is 2.25. The van der Waals surface area contributed by atoms with E-state index in [0.29, 0.717) is 31.7 Å². The highest BCUT2D eigenvalue weighted by atomic mass is 35.5. The summed E-state index contributed by atoms with van der Waals surface area (Å²) >= 11 is 0. The maximum absolute atomic E-state index is 13.6. The van der Waals surface area contributed by atoms with Gasteiger partial charge in [0, 0.05) is 50.0 Å². The molecule has 1 atom stereocenters. The van der Waals surface area contributed by atoms with Gasteiger partial charge in [-0.3, -0.25) is 14.5 Å². The fourth-order valence-corrected chi connectivity index (χ4v) is 4.04. The summed E-state index contributed by atoms with van der Waals surface area (Å²) in [5.74, 6) is -0.281. The van der Waals surface area contributed by atoms with Crippen LogP contribution in [0.5, 0.6) is 0 Å². The molecular weight excluding hydrogens is 407 g/mol. The van der Waals surface area contributed by atoms with E-state index in [1.807, 2.05) is 30.3 Å². The van der Waals surface area contributed by atoms with Crippen LogP contribution in [-0.2, 0) is 9.59 Å². The van der Waals surface area contributed by atoms with Crippen molar-refractivity contribution in [1.29, 1.82) is 0 Å². The van der Waals surface area contributed by atoms with Crippen LogP contribution in [0.2, 0.25) is 0 Å². The Morgan fingerprint density at radius 3 is 2.77 bits per heavy atom. The summed E-state index contributed by atoms with van der Waals surface area (Å²) in [6.07, 6.45) is 1.43. The fraction of sp³-hybridized carbons (Fsp3) is 0.364. The second-order valence-electron chi connectivity index (χ2n) is 7.49. The van der Waals surface area contributed by atoms with Crippen molar-refractivity contribution in [2.45, 2.75) is 18.9 Å². The van der Waals surface area contributed by atoms with Crippen LogP contribution in [0.4, 0.5) is 15.8 Å². The molecule has 0 bridgehead atoms. The normalized spacial score (nSPS) is 19.4. The van der Waals surface area contributed by atoms with Crippen molar-refractivity contribution in [2.24, 2.45) is 0 Å². The Morgan fingerprint density at radius 2 is 2.00 bits per heavy atom. The lowest BCUT2D eigenvalue weighted by molar-refractivity contribution is -0.118. The Bertz CT molecular complexity index is 910. The van der Waals surface area contributed by atoms with Gasteiger partial charge in [0.05, 0.1) is 6.54 Å². The van der Waals surface area contributed by atoms with Crippen LogP contribution in [0.15, 0.2) is 48.5 Å². The van der Waals surface area contributed by atoms with Gasteiger partial charge in [-0.15, -0.1) is 12.4 Å². The molecule has 2 amide bonds. The third-order valence-electron chi connectivity index (χ3n) is 5.45. The first-order valence-corrected chi connectivity index (χ1v) is 10.0. The van der Waals surface area contributed by atoms with Gasteiger partial charge < -0.3 is 15.5 Å². The molecule has 2 saturated heterocycles. The zero-order valence-corrected chi connectivity index (χ0v) is 17.5. The van der Waals surface area contributed by atoms with Crippen molar-refractivity contribution < 1.29 is 14.0 Å². The lowest BCUT2D eigenvalue weighted by atomic mass is 10.0. The summed E-state index contributed by atoms with van der Waals surface area (Å²) < 4.78 is 13.6. The van der Waals surface area contributed by atoms with Crippen LogP contribution in [0.1, 0.15) is 24.4 Å². The zero-order valence-electron chi connectivity index (χ0n) is 16.6. The molecule has 0 radical (unpaired) electrons. The number of nitrogens with one attached hydrogen (secondary N) is 2. The van der Waals surface area contributed by atoms with Gasteiger partial charge in [0.15, 0.2) is 0 Å². The molecule has 2 aliphatic heterocycles. The number of halogens is 2. The predicted octanol–water partition coefficient (Wildman–Crippen LogP) is 2.96. The van der Waals surface area contributed by atoms with E-state index in [-0.39, 0.29) is 42.6 Å². The monoisotopic (exact) mass is 432 g/mol. The largest absolute Gasteiger partial charge is 0.325 e. The molecule has 0 aliphatic carbocycles. The van der Waals surface area contributed by atoms with Gasteiger partial charge in [-0.1, -0.05) is 18.2 Å². The van der Waals surface area contributed by atoms with E-state index in [4.69, 9.17) is 0 Å². The van der Waals surface area contributed by atoms with Crippen LogP contribution in [0.25, 0.3) is 0 Å². The van der Waals surface area contributed by atoms with E-state index in [0.717, 1.165) is 24.2 Å². The van der Waals surface area contributed by atoms with Crippen LogP contribution in [0, 0.1) is 5.82 Å². The zero-order chi connectivity index (χ0) is 20.2. The first-order valence-electron chi connectivity index (χ1n) is 10.0. The summed E-state index contributed by atoms with van der Waals surface area (Å²) in [6, 6.07) is 13.9. The molecule has 2 aromatic rings. The van der Waals surface area contributed by atoms with Crippen molar-refractivity contribution >= 4 is 35.6 Å². The molecule has 2 heterocycles. The molecule has 1 unspecified atom stereocenters. The van der Waals surface area contributed by atoms with Gasteiger partial charge in [0.1, 0.15) is 5.82 Å². The highest BCUT2D eigenvalue weighted by Gasteiger charge is 2.26. The number of carbonyl (C=O) groups excluding carboxylic acids is 2. The number of hydrogen-bond acceptors (Lipinski definition) is 4. The minimum Gasteiger partial charge on any atom is -0.325 e. The summed E-state index contributed by atoms with van der Waals surface area (Å²) in [6.45, 7) is 3.09. The number of rotatable bonds is 5. The molecule has 2 fully saturated rings. The van der Waals surface area contributed by atoms with Crippen LogP contribution in [-0.4, -0.2) is 49.4 Å². The number of amides is 2. The molecule has 0 saturated carbocycles. The second kappa shape index (κ2) is 10.0. The van der Waals surface area contributed by atoms with Gasteiger partial charge in [-0.05, 0) is 42.3 Å². The third kappa shape index (κ3) is 5.16. The predicted molar refractivity (Wildman–Crippen MR) is 117 cm³/mol. The number of carbonyl (C=O) groups is 2. The fourth-order valence-electron chi connectivity index (χ4n) is 4.04. The lowest BCUT2D eigenvalue weighted by Gasteiger charge is -2.36. The number of nitrogens with zero attached hydrogens (tertiary/aromatic N) is 2. The first kappa shape index (κ1) is 22.2. The first-order chi connectivity index (χ1) is 14.1. The number of anilines is 2. The number of benzene rings is 2. The van der Waals surface area contributed by atoms with Crippen molar-refractivity contribution in [3.05, 3.63) is 59.9 Å².